The van der Waals surface area contributed by atoms with E-state index in [1.165, 1.54) is 0 Å². The maximum Gasteiger partial charge on any atom is 0.223 e. The molecule has 0 bridgehead atoms. The van der Waals surface area contributed by atoms with Crippen LogP contribution in [0.5, 0.6) is 11.5 Å². The number of phenolic OH excluding ortho intramolecular Hbond substituents is 1. The van der Waals surface area contributed by atoms with Crippen molar-refractivity contribution in [3.63, 3.8) is 0 Å². The van der Waals surface area contributed by atoms with Gasteiger partial charge >= 0.3 is 0 Å². The average molecular weight is 408 g/mol. The van der Waals surface area contributed by atoms with E-state index in [0.717, 1.165) is 67.4 Å². The number of carbonyl (C=O) groups is 1. The number of fused-ring (bicyclic) bond motifs is 1. The average Bonchev–Trinajstić information content (AvgIpc) is 3.29. The van der Waals surface area contributed by atoms with Crippen LogP contribution in [0.25, 0.3) is 11.1 Å². The van der Waals surface area contributed by atoms with E-state index in [4.69, 9.17) is 9.47 Å². The quantitative estimate of drug-likeness (QED) is 0.771. The van der Waals surface area contributed by atoms with Gasteiger partial charge in [-0.25, -0.2) is 0 Å². The third kappa shape index (κ3) is 3.79. The van der Waals surface area contributed by atoms with Gasteiger partial charge in [0.05, 0.1) is 19.3 Å². The van der Waals surface area contributed by atoms with Crippen LogP contribution < -0.4 is 10.1 Å². The van der Waals surface area contributed by atoms with Crippen molar-refractivity contribution in [2.24, 2.45) is 5.92 Å². The Kier molecular flexibility index (Phi) is 5.15. The molecular formula is C25H29NO4. The number of phenols is 1. The number of hydrogen-bond donors (Lipinski definition) is 2. The van der Waals surface area contributed by atoms with Gasteiger partial charge in [0.1, 0.15) is 17.1 Å². The van der Waals surface area contributed by atoms with Crippen molar-refractivity contribution in [2.45, 2.75) is 56.6 Å². The highest BCUT2D eigenvalue weighted by atomic mass is 16.5. The Bertz CT molecular complexity index is 928. The largest absolute Gasteiger partial charge is 0.508 e. The van der Waals surface area contributed by atoms with Gasteiger partial charge in [0, 0.05) is 30.7 Å². The van der Waals surface area contributed by atoms with Crippen LogP contribution >= 0.6 is 0 Å². The zero-order valence-electron chi connectivity index (χ0n) is 17.2. The van der Waals surface area contributed by atoms with Crippen molar-refractivity contribution >= 4 is 5.91 Å². The first-order valence-electron chi connectivity index (χ1n) is 11.1. The normalized spacial score (nSPS) is 23.0. The van der Waals surface area contributed by atoms with Gasteiger partial charge in [0.2, 0.25) is 5.91 Å². The van der Waals surface area contributed by atoms with Gasteiger partial charge in [-0.2, -0.15) is 0 Å². The highest BCUT2D eigenvalue weighted by Crippen LogP contribution is 2.45. The summed E-state index contributed by atoms with van der Waals surface area (Å²) in [6.45, 7) is 1.39. The number of rotatable bonds is 3. The summed E-state index contributed by atoms with van der Waals surface area (Å²) in [5, 5.41) is 13.2. The Hall–Kier alpha value is -2.53. The lowest BCUT2D eigenvalue weighted by atomic mass is 9.81. The molecule has 0 radical (unpaired) electrons. The summed E-state index contributed by atoms with van der Waals surface area (Å²) in [6.07, 6.45) is 6.73. The molecule has 2 heterocycles. The molecule has 5 heteroatoms. The van der Waals surface area contributed by atoms with Crippen LogP contribution in [0.3, 0.4) is 0 Å². The molecule has 2 aromatic rings. The first kappa shape index (κ1) is 19.4. The Morgan fingerprint density at radius 1 is 1.03 bits per heavy atom. The summed E-state index contributed by atoms with van der Waals surface area (Å²) in [5.74, 6) is 1.41. The predicted molar refractivity (Wildman–Crippen MR) is 114 cm³/mol. The van der Waals surface area contributed by atoms with E-state index in [9.17, 15) is 9.90 Å². The first-order chi connectivity index (χ1) is 14.6. The molecule has 1 amide bonds. The van der Waals surface area contributed by atoms with Gasteiger partial charge in [-0.3, -0.25) is 4.79 Å². The molecule has 5 nitrogen and oxygen atoms in total. The SMILES string of the molecule is O=C(NC1CC2(CCOCC2)Oc2ccc(-c3cccc(O)c3)cc21)C1CCCC1. The smallest absolute Gasteiger partial charge is 0.223 e. The van der Waals surface area contributed by atoms with E-state index in [2.05, 4.69) is 11.4 Å². The lowest BCUT2D eigenvalue weighted by Gasteiger charge is -2.44. The molecule has 1 aliphatic carbocycles. The van der Waals surface area contributed by atoms with Gasteiger partial charge in [-0.15, -0.1) is 0 Å². The van der Waals surface area contributed by atoms with Crippen LogP contribution in [0.15, 0.2) is 42.5 Å². The zero-order valence-corrected chi connectivity index (χ0v) is 17.2. The minimum atomic E-state index is -0.272. The molecular weight excluding hydrogens is 378 g/mol. The van der Waals surface area contributed by atoms with E-state index in [1.54, 1.807) is 12.1 Å². The third-order valence-corrected chi connectivity index (χ3v) is 6.91. The van der Waals surface area contributed by atoms with Gasteiger partial charge in [0.25, 0.3) is 0 Å². The maximum atomic E-state index is 13.0. The minimum Gasteiger partial charge on any atom is -0.508 e. The first-order valence-corrected chi connectivity index (χ1v) is 11.1. The highest BCUT2D eigenvalue weighted by molar-refractivity contribution is 5.79. The molecule has 30 heavy (non-hydrogen) atoms. The molecule has 158 valence electrons. The summed E-state index contributed by atoms with van der Waals surface area (Å²) in [6, 6.07) is 13.3. The maximum absolute atomic E-state index is 13.0. The number of amides is 1. The van der Waals surface area contributed by atoms with Crippen LogP contribution in [0.1, 0.15) is 56.6 Å². The van der Waals surface area contributed by atoms with Crippen molar-refractivity contribution in [3.8, 4) is 22.6 Å². The molecule has 1 atom stereocenters. The van der Waals surface area contributed by atoms with E-state index < -0.39 is 0 Å². The fourth-order valence-corrected chi connectivity index (χ4v) is 5.19. The van der Waals surface area contributed by atoms with Crippen molar-refractivity contribution in [1.82, 2.24) is 5.32 Å². The Labute approximate surface area is 177 Å². The predicted octanol–water partition coefficient (Wildman–Crippen LogP) is 4.74. The van der Waals surface area contributed by atoms with Crippen molar-refractivity contribution < 1.29 is 19.4 Å². The molecule has 2 aliphatic heterocycles. The Balaban J connectivity index is 1.49. The van der Waals surface area contributed by atoms with Crippen LogP contribution in [0.4, 0.5) is 0 Å². The van der Waals surface area contributed by atoms with Crippen LogP contribution in [-0.2, 0) is 9.53 Å². The summed E-state index contributed by atoms with van der Waals surface area (Å²) >= 11 is 0. The molecule has 1 saturated heterocycles. The summed E-state index contributed by atoms with van der Waals surface area (Å²) in [7, 11) is 0. The molecule has 0 aromatic heterocycles. The molecule has 2 N–H and O–H groups in total. The topological polar surface area (TPSA) is 67.8 Å². The number of carbonyl (C=O) groups excluding carboxylic acids is 1. The number of benzene rings is 2. The summed E-state index contributed by atoms with van der Waals surface area (Å²) in [5.41, 5.74) is 2.71. The molecule has 1 unspecified atom stereocenters. The molecule has 5 rings (SSSR count). The van der Waals surface area contributed by atoms with Crippen LogP contribution in [0.2, 0.25) is 0 Å². The summed E-state index contributed by atoms with van der Waals surface area (Å²) < 4.78 is 12.1. The van der Waals surface area contributed by atoms with Gasteiger partial charge < -0.3 is 19.9 Å². The molecule has 1 spiro atoms. The molecule has 2 fully saturated rings. The van der Waals surface area contributed by atoms with E-state index in [1.807, 2.05) is 24.3 Å². The van der Waals surface area contributed by atoms with Crippen LogP contribution in [0, 0.1) is 5.92 Å². The summed E-state index contributed by atoms with van der Waals surface area (Å²) in [4.78, 5) is 13.0. The highest BCUT2D eigenvalue weighted by Gasteiger charge is 2.43. The number of aromatic hydroxyl groups is 1. The van der Waals surface area contributed by atoms with E-state index in [0.29, 0.717) is 13.2 Å². The third-order valence-electron chi connectivity index (χ3n) is 6.91. The lowest BCUT2D eigenvalue weighted by molar-refractivity contribution is -0.126. The van der Waals surface area contributed by atoms with Gasteiger partial charge in [-0.1, -0.05) is 31.0 Å². The standard InChI is InChI=1S/C25H29NO4/c27-20-7-3-6-18(14-20)19-8-9-23-21(15-19)22(26-24(28)17-4-1-2-5-17)16-25(30-23)10-12-29-13-11-25/h3,6-9,14-15,17,22,27H,1-2,4-5,10-13,16H2,(H,26,28). The number of ether oxygens (including phenoxy) is 2. The Morgan fingerprint density at radius 3 is 2.57 bits per heavy atom. The second-order valence-electron chi connectivity index (χ2n) is 8.95. The van der Waals surface area contributed by atoms with Crippen molar-refractivity contribution in [3.05, 3.63) is 48.0 Å². The van der Waals surface area contributed by atoms with E-state index in [-0.39, 0.29) is 29.2 Å². The lowest BCUT2D eigenvalue weighted by Crippen LogP contribution is -2.49. The van der Waals surface area contributed by atoms with Gasteiger partial charge in [-0.05, 0) is 48.2 Å². The molecule has 3 aliphatic rings. The fourth-order valence-electron chi connectivity index (χ4n) is 5.19. The second-order valence-corrected chi connectivity index (χ2v) is 8.95. The van der Waals surface area contributed by atoms with Crippen molar-refractivity contribution in [2.75, 3.05) is 13.2 Å². The number of hydrogen-bond acceptors (Lipinski definition) is 4. The van der Waals surface area contributed by atoms with E-state index >= 15 is 0 Å². The minimum absolute atomic E-state index is 0.0720. The molecule has 2 aromatic carbocycles. The molecule has 1 saturated carbocycles. The monoisotopic (exact) mass is 407 g/mol. The fraction of sp³-hybridized carbons (Fsp3) is 0.480. The van der Waals surface area contributed by atoms with Crippen molar-refractivity contribution in [1.29, 1.82) is 0 Å². The Morgan fingerprint density at radius 2 is 1.80 bits per heavy atom. The van der Waals surface area contributed by atoms with Gasteiger partial charge in [0.15, 0.2) is 0 Å². The zero-order chi connectivity index (χ0) is 20.6. The van der Waals surface area contributed by atoms with Crippen LogP contribution in [-0.4, -0.2) is 29.8 Å². The number of nitrogens with one attached hydrogen (secondary N) is 1. The second kappa shape index (κ2) is 7.95.